The standard InChI is InChI=1S/C12H12BrFN4O2/c1-7(4-11(19)20)6-18-12(15-16-17-18)9-3-2-8(14)5-10(9)13/h2-3,5,7H,4,6H2,1H3,(H,19,20). The summed E-state index contributed by atoms with van der Waals surface area (Å²) in [5.41, 5.74) is 0.652. The fourth-order valence-electron chi connectivity index (χ4n) is 1.85. The highest BCUT2D eigenvalue weighted by Crippen LogP contribution is 2.27. The minimum atomic E-state index is -0.866. The summed E-state index contributed by atoms with van der Waals surface area (Å²) in [5.74, 6) is -0.878. The molecule has 0 amide bonds. The fourth-order valence-corrected chi connectivity index (χ4v) is 2.38. The molecule has 0 aliphatic heterocycles. The zero-order valence-corrected chi connectivity index (χ0v) is 12.2. The molecule has 0 saturated heterocycles. The lowest BCUT2D eigenvalue weighted by atomic mass is 10.1. The van der Waals surface area contributed by atoms with Gasteiger partial charge in [-0.1, -0.05) is 6.92 Å². The molecular formula is C12H12BrFN4O2. The van der Waals surface area contributed by atoms with E-state index < -0.39 is 5.97 Å². The van der Waals surface area contributed by atoms with Gasteiger partial charge in [0.15, 0.2) is 5.82 Å². The lowest BCUT2D eigenvalue weighted by Crippen LogP contribution is -2.14. The number of hydrogen-bond acceptors (Lipinski definition) is 4. The second-order valence-corrected chi connectivity index (χ2v) is 5.37. The van der Waals surface area contributed by atoms with E-state index in [2.05, 4.69) is 31.5 Å². The van der Waals surface area contributed by atoms with Crippen LogP contribution in [0.5, 0.6) is 0 Å². The number of hydrogen-bond donors (Lipinski definition) is 1. The van der Waals surface area contributed by atoms with Crippen molar-refractivity contribution in [2.24, 2.45) is 5.92 Å². The number of nitrogens with zero attached hydrogens (tertiary/aromatic N) is 4. The molecule has 1 aromatic carbocycles. The third kappa shape index (κ3) is 3.38. The molecule has 0 bridgehead atoms. The Labute approximate surface area is 122 Å². The van der Waals surface area contributed by atoms with Crippen molar-refractivity contribution in [1.82, 2.24) is 20.2 Å². The molecule has 1 heterocycles. The molecule has 0 aliphatic carbocycles. The minimum Gasteiger partial charge on any atom is -0.481 e. The molecule has 0 fully saturated rings. The number of benzene rings is 1. The summed E-state index contributed by atoms with van der Waals surface area (Å²) < 4.78 is 15.2. The second-order valence-electron chi connectivity index (χ2n) is 4.51. The Kier molecular flexibility index (Phi) is 4.43. The van der Waals surface area contributed by atoms with Crippen molar-refractivity contribution in [2.45, 2.75) is 19.9 Å². The Bertz CT molecular complexity index is 632. The van der Waals surface area contributed by atoms with Crippen molar-refractivity contribution in [3.63, 3.8) is 0 Å². The molecule has 1 atom stereocenters. The van der Waals surface area contributed by atoms with Gasteiger partial charge in [0.1, 0.15) is 5.82 Å². The van der Waals surface area contributed by atoms with Crippen LogP contribution in [-0.2, 0) is 11.3 Å². The van der Waals surface area contributed by atoms with Crippen LogP contribution in [-0.4, -0.2) is 31.3 Å². The summed E-state index contributed by atoms with van der Waals surface area (Å²) in [6, 6.07) is 4.22. The molecular weight excluding hydrogens is 331 g/mol. The Morgan fingerprint density at radius 1 is 1.55 bits per heavy atom. The van der Waals surface area contributed by atoms with Gasteiger partial charge in [0, 0.05) is 23.0 Å². The van der Waals surface area contributed by atoms with E-state index in [1.807, 2.05) is 0 Å². The van der Waals surface area contributed by atoms with Crippen molar-refractivity contribution in [2.75, 3.05) is 0 Å². The van der Waals surface area contributed by atoms with Gasteiger partial charge < -0.3 is 5.11 Å². The average molecular weight is 343 g/mol. The maximum absolute atomic E-state index is 13.1. The van der Waals surface area contributed by atoms with Gasteiger partial charge in [0.05, 0.1) is 0 Å². The van der Waals surface area contributed by atoms with Crippen LogP contribution in [0, 0.1) is 11.7 Å². The van der Waals surface area contributed by atoms with Gasteiger partial charge in [0.2, 0.25) is 0 Å². The summed E-state index contributed by atoms with van der Waals surface area (Å²) in [7, 11) is 0. The highest BCUT2D eigenvalue weighted by molar-refractivity contribution is 9.10. The fraction of sp³-hybridized carbons (Fsp3) is 0.333. The number of carboxylic acid groups (broad SMARTS) is 1. The molecule has 0 saturated carbocycles. The first-order chi connectivity index (χ1) is 9.47. The van der Waals surface area contributed by atoms with Crippen molar-refractivity contribution in [3.05, 3.63) is 28.5 Å². The van der Waals surface area contributed by atoms with E-state index in [0.717, 1.165) is 0 Å². The van der Waals surface area contributed by atoms with Crippen LogP contribution in [0.25, 0.3) is 11.4 Å². The molecule has 0 radical (unpaired) electrons. The van der Waals surface area contributed by atoms with E-state index >= 15 is 0 Å². The van der Waals surface area contributed by atoms with Gasteiger partial charge in [0.25, 0.3) is 0 Å². The van der Waals surface area contributed by atoms with Crippen molar-refractivity contribution in [1.29, 1.82) is 0 Å². The zero-order chi connectivity index (χ0) is 14.7. The highest BCUT2D eigenvalue weighted by atomic mass is 79.9. The van der Waals surface area contributed by atoms with Crippen LogP contribution in [0.4, 0.5) is 4.39 Å². The van der Waals surface area contributed by atoms with Crippen molar-refractivity contribution in [3.8, 4) is 11.4 Å². The normalized spacial score (nSPS) is 12.3. The smallest absolute Gasteiger partial charge is 0.303 e. The van der Waals surface area contributed by atoms with Gasteiger partial charge in [-0.3, -0.25) is 4.79 Å². The quantitative estimate of drug-likeness (QED) is 0.901. The zero-order valence-electron chi connectivity index (χ0n) is 10.6. The van der Waals surface area contributed by atoms with Crippen LogP contribution >= 0.6 is 15.9 Å². The predicted octanol–water partition coefficient (Wildman–Crippen LogP) is 2.35. The molecule has 2 rings (SSSR count). The topological polar surface area (TPSA) is 80.9 Å². The first-order valence-corrected chi connectivity index (χ1v) is 6.70. The number of aliphatic carboxylic acids is 1. The number of rotatable bonds is 5. The number of carbonyl (C=O) groups is 1. The van der Waals surface area contributed by atoms with E-state index in [1.54, 1.807) is 13.0 Å². The average Bonchev–Trinajstić information content (AvgIpc) is 2.75. The highest BCUT2D eigenvalue weighted by Gasteiger charge is 2.16. The number of carboxylic acids is 1. The van der Waals surface area contributed by atoms with E-state index in [0.29, 0.717) is 22.4 Å². The summed E-state index contributed by atoms with van der Waals surface area (Å²) in [6.45, 7) is 2.18. The molecule has 1 unspecified atom stereocenters. The van der Waals surface area contributed by atoms with Gasteiger partial charge in [-0.05, 0) is 50.5 Å². The lowest BCUT2D eigenvalue weighted by Gasteiger charge is -2.10. The van der Waals surface area contributed by atoms with Gasteiger partial charge in [-0.2, -0.15) is 0 Å². The van der Waals surface area contributed by atoms with Crippen LogP contribution in [0.2, 0.25) is 0 Å². The molecule has 20 heavy (non-hydrogen) atoms. The molecule has 0 spiro atoms. The van der Waals surface area contributed by atoms with E-state index in [9.17, 15) is 9.18 Å². The third-order valence-electron chi connectivity index (χ3n) is 2.71. The second kappa shape index (κ2) is 6.08. The maximum atomic E-state index is 13.1. The predicted molar refractivity (Wildman–Crippen MR) is 72.3 cm³/mol. The Morgan fingerprint density at radius 2 is 2.30 bits per heavy atom. The van der Waals surface area contributed by atoms with Crippen molar-refractivity contribution >= 4 is 21.9 Å². The molecule has 6 nitrogen and oxygen atoms in total. The van der Waals surface area contributed by atoms with Gasteiger partial charge in [-0.25, -0.2) is 9.07 Å². The molecule has 8 heteroatoms. The molecule has 2 aromatic rings. The number of tetrazole rings is 1. The van der Waals surface area contributed by atoms with E-state index in [-0.39, 0.29) is 18.2 Å². The Balaban J connectivity index is 2.26. The monoisotopic (exact) mass is 342 g/mol. The van der Waals surface area contributed by atoms with Crippen molar-refractivity contribution < 1.29 is 14.3 Å². The molecule has 1 N–H and O–H groups in total. The third-order valence-corrected chi connectivity index (χ3v) is 3.37. The SMILES string of the molecule is CC(CC(=O)O)Cn1nnnc1-c1ccc(F)cc1Br. The lowest BCUT2D eigenvalue weighted by molar-refractivity contribution is -0.138. The number of aromatic nitrogens is 4. The summed E-state index contributed by atoms with van der Waals surface area (Å²) in [6.07, 6.45) is 0.0316. The van der Waals surface area contributed by atoms with Crippen LogP contribution in [0.1, 0.15) is 13.3 Å². The summed E-state index contributed by atoms with van der Waals surface area (Å²) in [4.78, 5) is 10.7. The molecule has 0 aliphatic rings. The maximum Gasteiger partial charge on any atom is 0.303 e. The molecule has 106 valence electrons. The van der Waals surface area contributed by atoms with Crippen LogP contribution in [0.15, 0.2) is 22.7 Å². The first-order valence-electron chi connectivity index (χ1n) is 5.90. The van der Waals surface area contributed by atoms with Gasteiger partial charge >= 0.3 is 5.97 Å². The summed E-state index contributed by atoms with van der Waals surface area (Å²) >= 11 is 3.27. The van der Waals surface area contributed by atoms with Crippen LogP contribution in [0.3, 0.4) is 0 Å². The molecule has 1 aromatic heterocycles. The summed E-state index contributed by atoms with van der Waals surface area (Å²) in [5, 5.41) is 20.1. The minimum absolute atomic E-state index is 0.0316. The Morgan fingerprint density at radius 3 is 2.95 bits per heavy atom. The van der Waals surface area contributed by atoms with E-state index in [1.165, 1.54) is 16.8 Å². The van der Waals surface area contributed by atoms with E-state index in [4.69, 9.17) is 5.11 Å². The Hall–Kier alpha value is -1.83. The largest absolute Gasteiger partial charge is 0.481 e. The van der Waals surface area contributed by atoms with Crippen LogP contribution < -0.4 is 0 Å². The first kappa shape index (κ1) is 14.6. The van der Waals surface area contributed by atoms with Gasteiger partial charge in [-0.15, -0.1) is 5.10 Å². The number of halogens is 2.